The number of rotatable bonds is 9. The van der Waals surface area contributed by atoms with Gasteiger partial charge in [0.2, 0.25) is 11.6 Å². The van der Waals surface area contributed by atoms with Crippen molar-refractivity contribution in [2.45, 2.75) is 65.0 Å². The first-order chi connectivity index (χ1) is 14.9. The van der Waals surface area contributed by atoms with Crippen molar-refractivity contribution in [1.82, 2.24) is 0 Å². The lowest BCUT2D eigenvalue weighted by molar-refractivity contribution is -0.152. The van der Waals surface area contributed by atoms with Gasteiger partial charge in [-0.05, 0) is 61.1 Å². The van der Waals surface area contributed by atoms with Gasteiger partial charge in [0.05, 0.1) is 12.2 Å². The molecule has 2 aromatic rings. The fourth-order valence-electron chi connectivity index (χ4n) is 3.48. The number of hydrogen-bond acceptors (Lipinski definition) is 6. The molecule has 32 heavy (non-hydrogen) atoms. The van der Waals surface area contributed by atoms with Gasteiger partial charge in [-0.25, -0.2) is 8.78 Å². The summed E-state index contributed by atoms with van der Waals surface area (Å²) in [5, 5.41) is 40.6. The molecule has 0 spiro atoms. The Kier molecular flexibility index (Phi) is 8.36. The predicted octanol–water partition coefficient (Wildman–Crippen LogP) is 1.57. The minimum atomic E-state index is -2.17. The molecule has 0 aliphatic carbocycles. The third kappa shape index (κ3) is 5.45. The highest BCUT2D eigenvalue weighted by Gasteiger charge is 2.36. The number of aliphatic hydroxyl groups is 4. The van der Waals surface area contributed by atoms with Crippen molar-refractivity contribution < 1.29 is 38.8 Å². The van der Waals surface area contributed by atoms with Crippen LogP contribution in [0.5, 0.6) is 0 Å². The maximum absolute atomic E-state index is 14.0. The van der Waals surface area contributed by atoms with E-state index in [1.165, 1.54) is 38.1 Å². The molecule has 0 amide bonds. The largest absolute Gasteiger partial charge is 0.390 e. The van der Waals surface area contributed by atoms with E-state index < -0.39 is 47.6 Å². The van der Waals surface area contributed by atoms with Crippen molar-refractivity contribution in [3.8, 4) is 0 Å². The van der Waals surface area contributed by atoms with Crippen LogP contribution in [0.2, 0.25) is 0 Å². The van der Waals surface area contributed by atoms with E-state index in [2.05, 4.69) is 0 Å². The van der Waals surface area contributed by atoms with Crippen LogP contribution in [0.4, 0.5) is 8.78 Å². The van der Waals surface area contributed by atoms with Gasteiger partial charge in [-0.3, -0.25) is 9.59 Å². The van der Waals surface area contributed by atoms with Crippen molar-refractivity contribution in [2.75, 3.05) is 0 Å². The van der Waals surface area contributed by atoms with Crippen LogP contribution in [0, 0.1) is 39.3 Å². The fourth-order valence-corrected chi connectivity index (χ4v) is 3.48. The first-order valence-corrected chi connectivity index (χ1v) is 10.2. The van der Waals surface area contributed by atoms with Crippen molar-refractivity contribution in [3.63, 3.8) is 0 Å². The van der Waals surface area contributed by atoms with Gasteiger partial charge in [0.25, 0.3) is 0 Å². The van der Waals surface area contributed by atoms with Crippen LogP contribution in [-0.4, -0.2) is 56.4 Å². The molecule has 4 N–H and O–H groups in total. The average molecular weight is 450 g/mol. The van der Waals surface area contributed by atoms with Gasteiger partial charge in [0, 0.05) is 12.8 Å². The Labute approximate surface area is 185 Å². The molecule has 174 valence electrons. The van der Waals surface area contributed by atoms with Gasteiger partial charge in [0.1, 0.15) is 23.8 Å². The molecule has 2 rings (SSSR count). The summed E-state index contributed by atoms with van der Waals surface area (Å²) in [6.45, 7) is 6.11. The molecule has 0 aromatic heterocycles. The first-order valence-electron chi connectivity index (χ1n) is 10.2. The summed E-state index contributed by atoms with van der Waals surface area (Å²) in [7, 11) is 0. The summed E-state index contributed by atoms with van der Waals surface area (Å²) in [6.07, 6.45) is -8.42. The number of ketones is 2. The number of halogens is 2. The molecule has 0 aliphatic rings. The average Bonchev–Trinajstić information content (AvgIpc) is 2.77. The molecule has 4 atom stereocenters. The van der Waals surface area contributed by atoms with Crippen LogP contribution in [0.15, 0.2) is 24.3 Å². The van der Waals surface area contributed by atoms with Crippen LogP contribution in [0.1, 0.15) is 33.4 Å². The lowest BCUT2D eigenvalue weighted by Crippen LogP contribution is -2.47. The van der Waals surface area contributed by atoms with Crippen molar-refractivity contribution >= 4 is 11.6 Å². The smallest absolute Gasteiger partial charge is 0.232 e. The van der Waals surface area contributed by atoms with Crippen molar-refractivity contribution in [2.24, 2.45) is 0 Å². The molecule has 6 nitrogen and oxygen atoms in total. The Morgan fingerprint density at radius 3 is 1.31 bits per heavy atom. The molecule has 0 heterocycles. The third-order valence-corrected chi connectivity index (χ3v) is 5.75. The van der Waals surface area contributed by atoms with Gasteiger partial charge >= 0.3 is 0 Å². The van der Waals surface area contributed by atoms with E-state index in [9.17, 15) is 38.8 Å². The molecule has 8 heteroatoms. The molecule has 0 aliphatic heterocycles. The van der Waals surface area contributed by atoms with Gasteiger partial charge in [-0.1, -0.05) is 24.3 Å². The molecule has 0 saturated heterocycles. The van der Waals surface area contributed by atoms with E-state index in [0.29, 0.717) is 22.3 Å². The second kappa shape index (κ2) is 10.4. The number of aryl methyl sites for hydroxylation is 2. The minimum absolute atomic E-state index is 0.242. The Morgan fingerprint density at radius 2 is 1.00 bits per heavy atom. The fraction of sp³-hybridized carbons (Fsp3) is 0.417. The van der Waals surface area contributed by atoms with E-state index in [0.717, 1.165) is 0 Å². The number of Topliss-reactive ketones (excluding diaryl/α,β-unsaturated/α-hetero) is 2. The zero-order valence-corrected chi connectivity index (χ0v) is 18.4. The van der Waals surface area contributed by atoms with Crippen LogP contribution >= 0.6 is 0 Å². The molecule has 0 radical (unpaired) electrons. The summed E-state index contributed by atoms with van der Waals surface area (Å²) in [6, 6.07) is 6.05. The van der Waals surface area contributed by atoms with E-state index in [-0.39, 0.29) is 24.0 Å². The number of hydrogen-bond donors (Lipinski definition) is 4. The Hall–Kier alpha value is -2.52. The SMILES string of the molecule is Cc1ccc(CC(O)[C@H](O)C(=O)C(=O)[C@H](O)C(O)Cc2ccc(C)c(F)c2C)c(C)c1F. The lowest BCUT2D eigenvalue weighted by Gasteiger charge is -2.21. The predicted molar refractivity (Wildman–Crippen MR) is 113 cm³/mol. The standard InChI is InChI=1S/C24H28F2O6/c1-11-5-7-15(13(3)19(11)25)9-17(27)21(29)23(31)24(32)22(30)18(28)10-16-8-6-12(2)20(26)14(16)4/h5-8,17-18,21-22,27-30H,9-10H2,1-4H3/t17?,18?,21-,22+. The molecule has 2 aromatic carbocycles. The van der Waals surface area contributed by atoms with E-state index >= 15 is 0 Å². The Morgan fingerprint density at radius 1 is 0.688 bits per heavy atom. The summed E-state index contributed by atoms with van der Waals surface area (Å²) in [5.74, 6) is -3.93. The van der Waals surface area contributed by atoms with Gasteiger partial charge < -0.3 is 20.4 Å². The molecule has 2 unspecified atom stereocenters. The topological polar surface area (TPSA) is 115 Å². The quantitative estimate of drug-likeness (QED) is 0.431. The second-order valence-corrected chi connectivity index (χ2v) is 8.12. The molecule has 0 fully saturated rings. The maximum atomic E-state index is 14.0. The van der Waals surface area contributed by atoms with Crippen LogP contribution in [0.3, 0.4) is 0 Å². The van der Waals surface area contributed by atoms with Crippen molar-refractivity contribution in [1.29, 1.82) is 0 Å². The number of benzene rings is 2. The van der Waals surface area contributed by atoms with Crippen molar-refractivity contribution in [3.05, 3.63) is 69.3 Å². The lowest BCUT2D eigenvalue weighted by atomic mass is 9.92. The molecular weight excluding hydrogens is 422 g/mol. The van der Waals surface area contributed by atoms with Gasteiger partial charge in [-0.2, -0.15) is 0 Å². The maximum Gasteiger partial charge on any atom is 0.232 e. The normalized spacial score (nSPS) is 15.2. The second-order valence-electron chi connectivity index (χ2n) is 8.12. The van der Waals surface area contributed by atoms with Crippen LogP contribution in [-0.2, 0) is 22.4 Å². The summed E-state index contributed by atoms with van der Waals surface area (Å²) >= 11 is 0. The molecule has 0 saturated carbocycles. The first kappa shape index (κ1) is 25.7. The zero-order valence-electron chi connectivity index (χ0n) is 18.4. The highest BCUT2D eigenvalue weighted by atomic mass is 19.1. The Balaban J connectivity index is 2.07. The number of carbonyl (C=O) groups excluding carboxylic acids is 2. The van der Waals surface area contributed by atoms with Gasteiger partial charge in [-0.15, -0.1) is 0 Å². The van der Waals surface area contributed by atoms with Crippen LogP contribution in [0.25, 0.3) is 0 Å². The van der Waals surface area contributed by atoms with E-state index in [1.54, 1.807) is 13.8 Å². The zero-order chi connectivity index (χ0) is 24.3. The molecule has 0 bridgehead atoms. The van der Waals surface area contributed by atoms with E-state index in [1.807, 2.05) is 0 Å². The minimum Gasteiger partial charge on any atom is -0.390 e. The number of aliphatic hydroxyl groups excluding tert-OH is 4. The monoisotopic (exact) mass is 450 g/mol. The highest BCUT2D eigenvalue weighted by Crippen LogP contribution is 2.20. The van der Waals surface area contributed by atoms with Gasteiger partial charge in [0.15, 0.2) is 0 Å². The number of carbonyl (C=O) groups is 2. The summed E-state index contributed by atoms with van der Waals surface area (Å²) < 4.78 is 28.1. The third-order valence-electron chi connectivity index (χ3n) is 5.75. The summed E-state index contributed by atoms with van der Waals surface area (Å²) in [4.78, 5) is 24.6. The highest BCUT2D eigenvalue weighted by molar-refractivity contribution is 6.40. The molecular formula is C24H28F2O6. The summed E-state index contributed by atoms with van der Waals surface area (Å²) in [5.41, 5.74) is 1.97. The van der Waals surface area contributed by atoms with E-state index in [4.69, 9.17) is 0 Å². The Bertz CT molecular complexity index is 939. The van der Waals surface area contributed by atoms with Crippen LogP contribution < -0.4 is 0 Å².